The zero-order valence-electron chi connectivity index (χ0n) is 9.83. The monoisotopic (exact) mass is 243 g/mol. The van der Waals surface area contributed by atoms with Crippen LogP contribution >= 0.6 is 11.6 Å². The molecular weight excluding hydrogens is 226 g/mol. The molecule has 0 saturated heterocycles. The summed E-state index contributed by atoms with van der Waals surface area (Å²) in [7, 11) is 3.38. The van der Waals surface area contributed by atoms with Crippen LogP contribution < -0.4 is 0 Å². The van der Waals surface area contributed by atoms with Crippen LogP contribution in [0.4, 0.5) is 0 Å². The van der Waals surface area contributed by atoms with Gasteiger partial charge in [-0.15, -0.1) is 0 Å². The van der Waals surface area contributed by atoms with Crippen molar-refractivity contribution in [1.82, 2.24) is 4.90 Å². The quantitative estimate of drug-likeness (QED) is 0.699. The van der Waals surface area contributed by atoms with E-state index in [4.69, 9.17) is 11.6 Å². The van der Waals surface area contributed by atoms with Crippen LogP contribution in [0.1, 0.15) is 32.1 Å². The summed E-state index contributed by atoms with van der Waals surface area (Å²) < 4.78 is 0. The van der Waals surface area contributed by atoms with E-state index in [0.717, 1.165) is 36.1 Å². The molecule has 2 rings (SSSR count). The normalized spacial score (nSPS) is 20.9. The SMILES string of the molecule is CN(C)C=O.O=CC1=C(Cl)CC2(CC1)CC2. The van der Waals surface area contributed by atoms with E-state index in [-0.39, 0.29) is 0 Å². The van der Waals surface area contributed by atoms with Crippen LogP contribution in [0.15, 0.2) is 10.6 Å². The maximum atomic E-state index is 10.5. The number of halogens is 1. The summed E-state index contributed by atoms with van der Waals surface area (Å²) in [5.41, 5.74) is 1.37. The molecule has 0 radical (unpaired) electrons. The van der Waals surface area contributed by atoms with Crippen LogP contribution in [0.2, 0.25) is 0 Å². The highest BCUT2D eigenvalue weighted by atomic mass is 35.5. The molecule has 1 spiro atoms. The van der Waals surface area contributed by atoms with Gasteiger partial charge in [0.25, 0.3) is 0 Å². The van der Waals surface area contributed by atoms with Crippen molar-refractivity contribution in [3.05, 3.63) is 10.6 Å². The summed E-state index contributed by atoms with van der Waals surface area (Å²) in [6.45, 7) is 0. The van der Waals surface area contributed by atoms with Crippen LogP contribution in [0.25, 0.3) is 0 Å². The van der Waals surface area contributed by atoms with Gasteiger partial charge in [0.15, 0.2) is 0 Å². The Kier molecular flexibility index (Phi) is 4.54. The Morgan fingerprint density at radius 2 is 1.81 bits per heavy atom. The van der Waals surface area contributed by atoms with Crippen molar-refractivity contribution in [3.8, 4) is 0 Å². The Morgan fingerprint density at radius 1 is 1.25 bits per heavy atom. The molecule has 2 aliphatic rings. The van der Waals surface area contributed by atoms with Crippen molar-refractivity contribution < 1.29 is 9.59 Å². The number of carbonyl (C=O) groups is 2. The Bertz CT molecular complexity index is 306. The zero-order chi connectivity index (χ0) is 12.2. The minimum absolute atomic E-state index is 0.531. The van der Waals surface area contributed by atoms with Crippen molar-refractivity contribution >= 4 is 24.3 Å². The molecule has 16 heavy (non-hydrogen) atoms. The van der Waals surface area contributed by atoms with Gasteiger partial charge in [0.2, 0.25) is 6.41 Å². The summed E-state index contributed by atoms with van der Waals surface area (Å²) in [4.78, 5) is 21.3. The first kappa shape index (κ1) is 13.2. The molecule has 0 N–H and O–H groups in total. The fourth-order valence-corrected chi connectivity index (χ4v) is 2.22. The Morgan fingerprint density at radius 3 is 2.12 bits per heavy atom. The standard InChI is InChI=1S/C9H11ClO.C3H7NO/c10-8-5-9(3-4-9)2-1-7(8)6-11;1-4(2)3-5/h6H,1-5H2;3H,1-2H3. The van der Waals surface area contributed by atoms with Gasteiger partial charge in [0, 0.05) is 24.7 Å². The van der Waals surface area contributed by atoms with Gasteiger partial charge in [-0.05, 0) is 37.5 Å². The molecular formula is C12H18ClNO2. The minimum Gasteiger partial charge on any atom is -0.351 e. The molecule has 0 heterocycles. The number of aldehydes is 1. The maximum Gasteiger partial charge on any atom is 0.209 e. The third kappa shape index (κ3) is 3.63. The maximum absolute atomic E-state index is 10.5. The molecule has 0 aliphatic heterocycles. The van der Waals surface area contributed by atoms with E-state index in [2.05, 4.69) is 0 Å². The minimum atomic E-state index is 0.531. The van der Waals surface area contributed by atoms with E-state index < -0.39 is 0 Å². The second-order valence-electron chi connectivity index (χ2n) is 4.79. The average Bonchev–Trinajstić information content (AvgIpc) is 2.99. The molecule has 0 aromatic heterocycles. The molecule has 0 atom stereocenters. The predicted octanol–water partition coefficient (Wildman–Crippen LogP) is 2.35. The predicted molar refractivity (Wildman–Crippen MR) is 64.2 cm³/mol. The molecule has 90 valence electrons. The summed E-state index contributed by atoms with van der Waals surface area (Å²) in [5, 5.41) is 0.823. The highest BCUT2D eigenvalue weighted by Gasteiger charge is 2.44. The van der Waals surface area contributed by atoms with Gasteiger partial charge in [-0.25, -0.2) is 0 Å². The van der Waals surface area contributed by atoms with Crippen molar-refractivity contribution in [2.75, 3.05) is 14.1 Å². The third-order valence-electron chi connectivity index (χ3n) is 3.11. The molecule has 4 heteroatoms. The summed E-state index contributed by atoms with van der Waals surface area (Å²) in [6.07, 6.45) is 7.34. The number of amides is 1. The van der Waals surface area contributed by atoms with Crippen molar-refractivity contribution in [2.24, 2.45) is 5.41 Å². The van der Waals surface area contributed by atoms with E-state index in [1.807, 2.05) is 0 Å². The van der Waals surface area contributed by atoms with Gasteiger partial charge in [-0.3, -0.25) is 9.59 Å². The molecule has 3 nitrogen and oxygen atoms in total. The second kappa shape index (κ2) is 5.48. The van der Waals surface area contributed by atoms with E-state index in [1.165, 1.54) is 24.2 Å². The summed E-state index contributed by atoms with van der Waals surface area (Å²) in [5.74, 6) is 0. The first-order chi connectivity index (χ1) is 7.53. The number of hydrogen-bond donors (Lipinski definition) is 0. The van der Waals surface area contributed by atoms with E-state index in [0.29, 0.717) is 5.41 Å². The van der Waals surface area contributed by atoms with Crippen LogP contribution in [0.5, 0.6) is 0 Å². The van der Waals surface area contributed by atoms with Gasteiger partial charge < -0.3 is 4.90 Å². The number of nitrogens with zero attached hydrogens (tertiary/aromatic N) is 1. The number of rotatable bonds is 2. The molecule has 1 saturated carbocycles. The lowest BCUT2D eigenvalue weighted by Gasteiger charge is -2.20. The van der Waals surface area contributed by atoms with Gasteiger partial charge in [-0.2, -0.15) is 0 Å². The van der Waals surface area contributed by atoms with Crippen LogP contribution in [-0.2, 0) is 9.59 Å². The fourth-order valence-electron chi connectivity index (χ4n) is 1.79. The lowest BCUT2D eigenvalue weighted by Crippen LogP contribution is -2.09. The lowest BCUT2D eigenvalue weighted by atomic mass is 9.87. The molecule has 1 amide bonds. The molecule has 0 aromatic rings. The molecule has 0 bridgehead atoms. The molecule has 0 aromatic carbocycles. The van der Waals surface area contributed by atoms with Gasteiger partial charge in [0.05, 0.1) is 0 Å². The topological polar surface area (TPSA) is 37.4 Å². The van der Waals surface area contributed by atoms with Crippen molar-refractivity contribution in [2.45, 2.75) is 32.1 Å². The van der Waals surface area contributed by atoms with E-state index >= 15 is 0 Å². The highest BCUT2D eigenvalue weighted by molar-refractivity contribution is 6.31. The lowest BCUT2D eigenvalue weighted by molar-refractivity contribution is -0.115. The first-order valence-electron chi connectivity index (χ1n) is 5.47. The smallest absolute Gasteiger partial charge is 0.209 e. The molecule has 1 fully saturated rings. The third-order valence-corrected chi connectivity index (χ3v) is 3.49. The average molecular weight is 244 g/mol. The van der Waals surface area contributed by atoms with Gasteiger partial charge in [0.1, 0.15) is 6.29 Å². The Balaban J connectivity index is 0.000000221. The van der Waals surface area contributed by atoms with Gasteiger partial charge >= 0.3 is 0 Å². The number of allylic oxidation sites excluding steroid dienone is 2. The van der Waals surface area contributed by atoms with Gasteiger partial charge in [-0.1, -0.05) is 11.6 Å². The van der Waals surface area contributed by atoms with Crippen LogP contribution in [-0.4, -0.2) is 31.7 Å². The van der Waals surface area contributed by atoms with Crippen LogP contribution in [0.3, 0.4) is 0 Å². The number of hydrogen-bond acceptors (Lipinski definition) is 2. The van der Waals surface area contributed by atoms with Crippen LogP contribution in [0, 0.1) is 5.41 Å². The van der Waals surface area contributed by atoms with E-state index in [9.17, 15) is 9.59 Å². The fraction of sp³-hybridized carbons (Fsp3) is 0.667. The van der Waals surface area contributed by atoms with Crippen molar-refractivity contribution in [3.63, 3.8) is 0 Å². The highest BCUT2D eigenvalue weighted by Crippen LogP contribution is 2.57. The first-order valence-corrected chi connectivity index (χ1v) is 5.85. The van der Waals surface area contributed by atoms with Crippen molar-refractivity contribution in [1.29, 1.82) is 0 Å². The summed E-state index contributed by atoms with van der Waals surface area (Å²) >= 11 is 5.96. The zero-order valence-corrected chi connectivity index (χ0v) is 10.6. The summed E-state index contributed by atoms with van der Waals surface area (Å²) in [6, 6.07) is 0. The Labute approximate surface area is 101 Å². The largest absolute Gasteiger partial charge is 0.351 e. The van der Waals surface area contributed by atoms with E-state index in [1.54, 1.807) is 14.1 Å². The second-order valence-corrected chi connectivity index (χ2v) is 5.25. The molecule has 0 unspecified atom stereocenters. The molecule has 2 aliphatic carbocycles. The Hall–Kier alpha value is -0.830. The number of carbonyl (C=O) groups excluding carboxylic acids is 2.